The van der Waals surface area contributed by atoms with Crippen LogP contribution >= 0.6 is 0 Å². The van der Waals surface area contributed by atoms with Crippen LogP contribution < -0.4 is 5.32 Å². The van der Waals surface area contributed by atoms with E-state index in [0.29, 0.717) is 5.56 Å². The van der Waals surface area contributed by atoms with Crippen LogP contribution in [0.1, 0.15) is 37.1 Å². The van der Waals surface area contributed by atoms with Crippen molar-refractivity contribution in [2.75, 3.05) is 0 Å². The average Bonchev–Trinajstić information content (AvgIpc) is 2.38. The average molecular weight is 279 g/mol. The first-order valence-corrected chi connectivity index (χ1v) is 6.44. The fourth-order valence-corrected chi connectivity index (χ4v) is 2.19. The third-order valence-corrected chi connectivity index (χ3v) is 3.28. The lowest BCUT2D eigenvalue weighted by molar-refractivity contribution is 0.468. The van der Waals surface area contributed by atoms with Crippen LogP contribution in [0.25, 0.3) is 0 Å². The molecule has 0 spiro atoms. The first kappa shape index (κ1) is 14.6. The molecule has 0 aliphatic heterocycles. The molecule has 4 heteroatoms. The fraction of sp³-hybridized carbons (Fsp3) is 0.250. The molecule has 0 amide bonds. The molecule has 2 rings (SSSR count). The Hall–Kier alpha value is -1.81. The van der Waals surface area contributed by atoms with Crippen LogP contribution in [-0.2, 0) is 0 Å². The lowest BCUT2D eigenvalue weighted by atomic mass is 10.0. The Labute approximate surface area is 116 Å². The Kier molecular flexibility index (Phi) is 4.45. The zero-order chi connectivity index (χ0) is 14.7. The van der Waals surface area contributed by atoms with Crippen molar-refractivity contribution in [2.45, 2.75) is 25.9 Å². The van der Waals surface area contributed by atoms with Gasteiger partial charge in [-0.2, -0.15) is 0 Å². The van der Waals surface area contributed by atoms with Gasteiger partial charge >= 0.3 is 0 Å². The lowest BCUT2D eigenvalue weighted by Gasteiger charge is -2.21. The third kappa shape index (κ3) is 3.39. The van der Waals surface area contributed by atoms with E-state index in [1.54, 1.807) is 19.1 Å². The first-order valence-electron chi connectivity index (χ1n) is 6.44. The molecule has 0 saturated heterocycles. The molecule has 2 atom stereocenters. The Morgan fingerprint density at radius 3 is 2.20 bits per heavy atom. The molecule has 0 radical (unpaired) electrons. The summed E-state index contributed by atoms with van der Waals surface area (Å²) >= 11 is 0. The SMILES string of the molecule is CC(N[C@@H](C)c1cccc(F)c1)c1ccc(F)cc1F. The van der Waals surface area contributed by atoms with Crippen molar-refractivity contribution in [1.29, 1.82) is 0 Å². The van der Waals surface area contributed by atoms with E-state index in [-0.39, 0.29) is 17.9 Å². The van der Waals surface area contributed by atoms with Gasteiger partial charge in [-0.15, -0.1) is 0 Å². The molecular weight excluding hydrogens is 263 g/mol. The zero-order valence-corrected chi connectivity index (χ0v) is 11.3. The van der Waals surface area contributed by atoms with Gasteiger partial charge in [-0.3, -0.25) is 0 Å². The van der Waals surface area contributed by atoms with E-state index >= 15 is 0 Å². The molecule has 0 heterocycles. The maximum atomic E-state index is 13.7. The molecule has 1 N–H and O–H groups in total. The van der Waals surface area contributed by atoms with Crippen LogP contribution in [0.5, 0.6) is 0 Å². The standard InChI is InChI=1S/C16H16F3N/c1-10(12-4-3-5-13(17)8-12)20-11(2)15-7-6-14(18)9-16(15)19/h3-11,20H,1-2H3/t10-,11?/m0/s1. The Morgan fingerprint density at radius 1 is 0.850 bits per heavy atom. The normalized spacial score (nSPS) is 14.1. The van der Waals surface area contributed by atoms with Crippen LogP contribution in [0, 0.1) is 17.5 Å². The van der Waals surface area contributed by atoms with Crippen molar-refractivity contribution in [2.24, 2.45) is 0 Å². The molecular formula is C16H16F3N. The van der Waals surface area contributed by atoms with Crippen LogP contribution in [0.2, 0.25) is 0 Å². The highest BCUT2D eigenvalue weighted by Crippen LogP contribution is 2.22. The minimum absolute atomic E-state index is 0.148. The van der Waals surface area contributed by atoms with Gasteiger partial charge in [0.2, 0.25) is 0 Å². The summed E-state index contributed by atoms with van der Waals surface area (Å²) in [6.45, 7) is 3.65. The van der Waals surface area contributed by atoms with Gasteiger partial charge < -0.3 is 5.32 Å². The molecule has 2 aromatic carbocycles. The molecule has 1 unspecified atom stereocenters. The van der Waals surface area contributed by atoms with Gasteiger partial charge in [0.1, 0.15) is 17.5 Å². The summed E-state index contributed by atoms with van der Waals surface area (Å²) in [6.07, 6.45) is 0. The van der Waals surface area contributed by atoms with E-state index in [0.717, 1.165) is 11.6 Å². The molecule has 20 heavy (non-hydrogen) atoms. The van der Waals surface area contributed by atoms with E-state index in [1.807, 2.05) is 6.92 Å². The lowest BCUT2D eigenvalue weighted by Crippen LogP contribution is -2.23. The van der Waals surface area contributed by atoms with E-state index < -0.39 is 11.6 Å². The molecule has 106 valence electrons. The monoisotopic (exact) mass is 279 g/mol. The summed E-state index contributed by atoms with van der Waals surface area (Å²) in [5, 5.41) is 3.17. The maximum Gasteiger partial charge on any atom is 0.130 e. The molecule has 0 aliphatic rings. The van der Waals surface area contributed by atoms with Gasteiger partial charge in [0, 0.05) is 23.7 Å². The number of hydrogen-bond acceptors (Lipinski definition) is 1. The van der Waals surface area contributed by atoms with Crippen molar-refractivity contribution >= 4 is 0 Å². The summed E-state index contributed by atoms with van der Waals surface area (Å²) in [7, 11) is 0. The summed E-state index contributed by atoms with van der Waals surface area (Å²) in [4.78, 5) is 0. The molecule has 0 aromatic heterocycles. The largest absolute Gasteiger partial charge is 0.304 e. The topological polar surface area (TPSA) is 12.0 Å². The van der Waals surface area contributed by atoms with Crippen molar-refractivity contribution in [3.63, 3.8) is 0 Å². The predicted molar refractivity (Wildman–Crippen MR) is 72.7 cm³/mol. The zero-order valence-electron chi connectivity index (χ0n) is 11.3. The Bertz CT molecular complexity index is 598. The van der Waals surface area contributed by atoms with Gasteiger partial charge in [-0.1, -0.05) is 18.2 Å². The molecule has 0 fully saturated rings. The van der Waals surface area contributed by atoms with Crippen molar-refractivity contribution < 1.29 is 13.2 Å². The first-order chi connectivity index (χ1) is 9.47. The predicted octanol–water partition coefficient (Wildman–Crippen LogP) is 4.52. The quantitative estimate of drug-likeness (QED) is 0.868. The molecule has 0 aliphatic carbocycles. The summed E-state index contributed by atoms with van der Waals surface area (Å²) < 4.78 is 39.7. The number of benzene rings is 2. The second kappa shape index (κ2) is 6.09. The molecule has 2 aromatic rings. The Morgan fingerprint density at radius 2 is 1.55 bits per heavy atom. The highest BCUT2D eigenvalue weighted by Gasteiger charge is 2.15. The number of hydrogen-bond donors (Lipinski definition) is 1. The van der Waals surface area contributed by atoms with Gasteiger partial charge in [0.15, 0.2) is 0 Å². The van der Waals surface area contributed by atoms with Gasteiger partial charge in [0.25, 0.3) is 0 Å². The van der Waals surface area contributed by atoms with E-state index in [2.05, 4.69) is 5.32 Å². The van der Waals surface area contributed by atoms with Gasteiger partial charge in [0.05, 0.1) is 0 Å². The van der Waals surface area contributed by atoms with Crippen molar-refractivity contribution in [3.8, 4) is 0 Å². The highest BCUT2D eigenvalue weighted by atomic mass is 19.1. The Balaban J connectivity index is 2.12. The van der Waals surface area contributed by atoms with Crippen LogP contribution in [-0.4, -0.2) is 0 Å². The van der Waals surface area contributed by atoms with Crippen LogP contribution in [0.3, 0.4) is 0 Å². The minimum Gasteiger partial charge on any atom is -0.304 e. The van der Waals surface area contributed by atoms with Gasteiger partial charge in [-0.25, -0.2) is 13.2 Å². The number of nitrogens with one attached hydrogen (secondary N) is 1. The number of rotatable bonds is 4. The minimum atomic E-state index is -0.600. The second-order valence-electron chi connectivity index (χ2n) is 4.83. The summed E-state index contributed by atoms with van der Waals surface area (Å²) in [5.74, 6) is -1.50. The molecule has 0 saturated carbocycles. The van der Waals surface area contributed by atoms with E-state index in [9.17, 15) is 13.2 Å². The van der Waals surface area contributed by atoms with E-state index in [4.69, 9.17) is 0 Å². The summed E-state index contributed by atoms with van der Waals surface area (Å²) in [6, 6.07) is 9.29. The highest BCUT2D eigenvalue weighted by molar-refractivity contribution is 5.24. The smallest absolute Gasteiger partial charge is 0.130 e. The third-order valence-electron chi connectivity index (χ3n) is 3.28. The van der Waals surface area contributed by atoms with E-state index in [1.165, 1.54) is 24.3 Å². The second-order valence-corrected chi connectivity index (χ2v) is 4.83. The molecule has 1 nitrogen and oxygen atoms in total. The summed E-state index contributed by atoms with van der Waals surface area (Å²) in [5.41, 5.74) is 1.16. The van der Waals surface area contributed by atoms with Gasteiger partial charge in [-0.05, 0) is 37.6 Å². The van der Waals surface area contributed by atoms with Crippen LogP contribution in [0.4, 0.5) is 13.2 Å². The fourth-order valence-electron chi connectivity index (χ4n) is 2.19. The van der Waals surface area contributed by atoms with Crippen molar-refractivity contribution in [3.05, 3.63) is 71.0 Å². The van der Waals surface area contributed by atoms with Crippen LogP contribution in [0.15, 0.2) is 42.5 Å². The van der Waals surface area contributed by atoms with Crippen molar-refractivity contribution in [1.82, 2.24) is 5.32 Å². The maximum absolute atomic E-state index is 13.7. The molecule has 0 bridgehead atoms. The number of halogens is 3.